The van der Waals surface area contributed by atoms with E-state index in [4.69, 9.17) is 25.9 Å². The van der Waals surface area contributed by atoms with E-state index < -0.39 is 5.97 Å². The number of benzene rings is 1. The monoisotopic (exact) mass is 290 g/mol. The van der Waals surface area contributed by atoms with Gasteiger partial charge in [-0.25, -0.2) is 0 Å². The lowest BCUT2D eigenvalue weighted by Crippen LogP contribution is -1.97. The average molecular weight is 291 g/mol. The molecule has 1 aromatic carbocycles. The molecule has 5 heteroatoms. The maximum atomic E-state index is 10.7. The molecule has 0 saturated heterocycles. The molecule has 0 unspecified atom stereocenters. The van der Waals surface area contributed by atoms with Crippen molar-refractivity contribution in [2.45, 2.75) is 6.42 Å². The fourth-order valence-electron chi connectivity index (χ4n) is 2.11. The molecule has 1 aliphatic rings. The third-order valence-electron chi connectivity index (χ3n) is 3.04. The van der Waals surface area contributed by atoms with Crippen LogP contribution < -0.4 is 4.74 Å². The van der Waals surface area contributed by atoms with Gasteiger partial charge in [-0.05, 0) is 12.1 Å². The van der Waals surface area contributed by atoms with Crippen LogP contribution >= 0.6 is 11.6 Å². The quantitative estimate of drug-likeness (QED) is 0.918. The predicted molar refractivity (Wildman–Crippen MR) is 76.0 cm³/mol. The Balaban J connectivity index is 2.04. The van der Waals surface area contributed by atoms with E-state index in [0.29, 0.717) is 23.7 Å². The molecule has 0 radical (unpaired) electrons. The van der Waals surface area contributed by atoms with Gasteiger partial charge in [0.05, 0.1) is 0 Å². The fourth-order valence-corrected chi connectivity index (χ4v) is 2.24. The summed E-state index contributed by atoms with van der Waals surface area (Å²) in [5.74, 6) is 0.204. The third-order valence-corrected chi connectivity index (χ3v) is 3.32. The standard InChI is InChI=1S/C15H11ClO4/c16-7-9-1-2-10-3-11-4-12(5-15(17)18)20-14(11)6-13(10)19-8-9/h1-4,6-7H,5,8H2,(H,17,18)/b9-7+. The Morgan fingerprint density at radius 1 is 1.35 bits per heavy atom. The first-order valence-corrected chi connectivity index (χ1v) is 6.48. The van der Waals surface area contributed by atoms with Crippen LogP contribution in [0.25, 0.3) is 17.0 Å². The fraction of sp³-hybridized carbons (Fsp3) is 0.133. The molecule has 1 aliphatic heterocycles. The SMILES string of the molecule is O=C(O)Cc1cc2cc3c(cc2o1)OC/C(=C/Cl)C=C3. The second-order valence-electron chi connectivity index (χ2n) is 4.52. The lowest BCUT2D eigenvalue weighted by Gasteiger charge is -2.06. The first kappa shape index (κ1) is 12.8. The summed E-state index contributed by atoms with van der Waals surface area (Å²) in [7, 11) is 0. The Labute approximate surface area is 119 Å². The van der Waals surface area contributed by atoms with E-state index in [9.17, 15) is 4.79 Å². The molecule has 3 rings (SSSR count). The number of carboxylic acids is 1. The van der Waals surface area contributed by atoms with Gasteiger partial charge in [-0.1, -0.05) is 23.8 Å². The zero-order chi connectivity index (χ0) is 14.1. The van der Waals surface area contributed by atoms with Gasteiger partial charge in [0, 0.05) is 28.1 Å². The summed E-state index contributed by atoms with van der Waals surface area (Å²) < 4.78 is 11.2. The van der Waals surface area contributed by atoms with E-state index in [1.165, 1.54) is 5.54 Å². The van der Waals surface area contributed by atoms with Crippen molar-refractivity contribution in [3.63, 3.8) is 0 Å². The molecule has 0 spiro atoms. The molecule has 2 aromatic rings. The van der Waals surface area contributed by atoms with Gasteiger partial charge in [-0.15, -0.1) is 0 Å². The number of halogens is 1. The summed E-state index contributed by atoms with van der Waals surface area (Å²) in [4.78, 5) is 10.7. The Kier molecular flexibility index (Phi) is 3.24. The van der Waals surface area contributed by atoms with Crippen molar-refractivity contribution < 1.29 is 19.1 Å². The zero-order valence-corrected chi connectivity index (χ0v) is 11.2. The minimum atomic E-state index is -0.918. The van der Waals surface area contributed by atoms with Gasteiger partial charge >= 0.3 is 5.97 Å². The maximum absolute atomic E-state index is 10.7. The van der Waals surface area contributed by atoms with Crippen LogP contribution in [0.3, 0.4) is 0 Å². The largest absolute Gasteiger partial charge is 0.488 e. The van der Waals surface area contributed by atoms with Crippen LogP contribution in [0.4, 0.5) is 0 Å². The summed E-state index contributed by atoms with van der Waals surface area (Å²) in [6.07, 6.45) is 3.68. The van der Waals surface area contributed by atoms with E-state index in [1.54, 1.807) is 12.1 Å². The second-order valence-corrected chi connectivity index (χ2v) is 4.74. The highest BCUT2D eigenvalue weighted by Crippen LogP contribution is 2.31. The van der Waals surface area contributed by atoms with Crippen LogP contribution in [-0.2, 0) is 11.2 Å². The van der Waals surface area contributed by atoms with Crippen molar-refractivity contribution in [1.82, 2.24) is 0 Å². The molecule has 0 aliphatic carbocycles. The number of ether oxygens (including phenoxy) is 1. The van der Waals surface area contributed by atoms with Crippen LogP contribution in [0.2, 0.25) is 0 Å². The van der Waals surface area contributed by atoms with Crippen molar-refractivity contribution in [3.05, 3.63) is 46.7 Å². The molecule has 1 aromatic heterocycles. The van der Waals surface area contributed by atoms with Crippen molar-refractivity contribution in [2.24, 2.45) is 0 Å². The van der Waals surface area contributed by atoms with Gasteiger partial charge in [-0.2, -0.15) is 0 Å². The molecular formula is C15H11ClO4. The zero-order valence-electron chi connectivity index (χ0n) is 10.4. The Morgan fingerprint density at radius 3 is 2.95 bits per heavy atom. The minimum Gasteiger partial charge on any atom is -0.488 e. The highest BCUT2D eigenvalue weighted by molar-refractivity contribution is 6.25. The van der Waals surface area contributed by atoms with Crippen molar-refractivity contribution in [3.8, 4) is 5.75 Å². The predicted octanol–water partition coefficient (Wildman–Crippen LogP) is 3.59. The Morgan fingerprint density at radius 2 is 2.20 bits per heavy atom. The molecule has 102 valence electrons. The highest BCUT2D eigenvalue weighted by atomic mass is 35.5. The van der Waals surface area contributed by atoms with Crippen LogP contribution in [0.5, 0.6) is 5.75 Å². The molecule has 20 heavy (non-hydrogen) atoms. The molecule has 4 nitrogen and oxygen atoms in total. The van der Waals surface area contributed by atoms with Gasteiger partial charge in [-0.3, -0.25) is 4.79 Å². The van der Waals surface area contributed by atoms with E-state index >= 15 is 0 Å². The average Bonchev–Trinajstić information content (AvgIpc) is 2.66. The van der Waals surface area contributed by atoms with Gasteiger partial charge in [0.25, 0.3) is 0 Å². The molecule has 0 fully saturated rings. The molecule has 1 N–H and O–H groups in total. The van der Waals surface area contributed by atoms with E-state index in [2.05, 4.69) is 0 Å². The minimum absolute atomic E-state index is 0.130. The van der Waals surface area contributed by atoms with Crippen molar-refractivity contribution in [1.29, 1.82) is 0 Å². The maximum Gasteiger partial charge on any atom is 0.311 e. The third kappa shape index (κ3) is 2.42. The van der Waals surface area contributed by atoms with Gasteiger partial charge in [0.15, 0.2) is 0 Å². The molecule has 2 heterocycles. The van der Waals surface area contributed by atoms with E-state index in [1.807, 2.05) is 18.2 Å². The number of rotatable bonds is 2. The number of hydrogen-bond donors (Lipinski definition) is 1. The Hall–Kier alpha value is -2.20. The number of carboxylic acid groups (broad SMARTS) is 1. The normalized spacial score (nSPS) is 15.9. The first-order valence-electron chi connectivity index (χ1n) is 6.04. The Bertz CT molecular complexity index is 740. The van der Waals surface area contributed by atoms with E-state index in [0.717, 1.165) is 16.5 Å². The number of hydrogen-bond acceptors (Lipinski definition) is 3. The first-order chi connectivity index (χ1) is 9.65. The summed E-state index contributed by atoms with van der Waals surface area (Å²) in [6.45, 7) is 0.390. The molecule has 0 bridgehead atoms. The highest BCUT2D eigenvalue weighted by Gasteiger charge is 2.13. The van der Waals surface area contributed by atoms with Crippen molar-refractivity contribution >= 4 is 34.6 Å². The molecular weight excluding hydrogens is 280 g/mol. The topological polar surface area (TPSA) is 59.7 Å². The van der Waals surface area contributed by atoms with Gasteiger partial charge in [0.1, 0.15) is 30.1 Å². The van der Waals surface area contributed by atoms with Crippen LogP contribution in [0.15, 0.2) is 39.8 Å². The lowest BCUT2D eigenvalue weighted by molar-refractivity contribution is -0.136. The molecule has 0 amide bonds. The summed E-state index contributed by atoms with van der Waals surface area (Å²) >= 11 is 5.68. The summed E-state index contributed by atoms with van der Waals surface area (Å²) in [5.41, 5.74) is 3.89. The lowest BCUT2D eigenvalue weighted by atomic mass is 10.1. The molecule has 0 saturated carbocycles. The van der Waals surface area contributed by atoms with Gasteiger partial charge < -0.3 is 14.3 Å². The van der Waals surface area contributed by atoms with Gasteiger partial charge in [0.2, 0.25) is 0 Å². The number of carbonyl (C=O) groups is 1. The summed E-state index contributed by atoms with van der Waals surface area (Å²) in [6, 6.07) is 5.42. The second kappa shape index (κ2) is 5.06. The number of fused-ring (bicyclic) bond motifs is 2. The number of aliphatic carboxylic acids is 1. The van der Waals surface area contributed by atoms with E-state index in [-0.39, 0.29) is 6.42 Å². The smallest absolute Gasteiger partial charge is 0.311 e. The van der Waals surface area contributed by atoms with Crippen LogP contribution in [0.1, 0.15) is 11.3 Å². The van der Waals surface area contributed by atoms with Crippen LogP contribution in [0, 0.1) is 0 Å². The van der Waals surface area contributed by atoms with Crippen LogP contribution in [-0.4, -0.2) is 17.7 Å². The van der Waals surface area contributed by atoms with Crippen molar-refractivity contribution in [2.75, 3.05) is 6.61 Å². The molecule has 0 atom stereocenters. The number of furan rings is 1. The summed E-state index contributed by atoms with van der Waals surface area (Å²) in [5, 5.41) is 9.64.